The van der Waals surface area contributed by atoms with Crippen molar-refractivity contribution in [1.82, 2.24) is 9.97 Å². The summed E-state index contributed by atoms with van der Waals surface area (Å²) in [6.45, 7) is 6.24. The molecule has 1 atom stereocenters. The second kappa shape index (κ2) is 5.09. The molecule has 0 aromatic carbocycles. The molecule has 16 heavy (non-hydrogen) atoms. The first-order valence-electron chi connectivity index (χ1n) is 5.40. The molecule has 0 aliphatic rings. The second-order valence-electron chi connectivity index (χ2n) is 4.21. The molecule has 0 aliphatic carbocycles. The molecule has 0 saturated heterocycles. The van der Waals surface area contributed by atoms with E-state index in [1.807, 2.05) is 18.9 Å². The quantitative estimate of drug-likeness (QED) is 0.854. The standard InChI is InChI=1S/C11H19FN4/c1-7(2)8(3)16(5)10-9(12)6-14-11(13-4)15-10/h6-8H,1-5H3,(H,13,14,15). The molecule has 1 aromatic heterocycles. The number of aromatic nitrogens is 2. The molecule has 0 radical (unpaired) electrons. The molecule has 1 aromatic rings. The van der Waals surface area contributed by atoms with Gasteiger partial charge in [-0.15, -0.1) is 0 Å². The first-order chi connectivity index (χ1) is 7.47. The van der Waals surface area contributed by atoms with Gasteiger partial charge in [0, 0.05) is 20.1 Å². The minimum absolute atomic E-state index is 0.217. The number of hydrogen-bond acceptors (Lipinski definition) is 4. The van der Waals surface area contributed by atoms with Crippen LogP contribution in [0, 0.1) is 11.7 Å². The Hall–Kier alpha value is -1.39. The van der Waals surface area contributed by atoms with Crippen LogP contribution in [0.25, 0.3) is 0 Å². The SMILES string of the molecule is CNc1ncc(F)c(N(C)C(C)C(C)C)n1. The Bertz CT molecular complexity index is 354. The number of nitrogens with one attached hydrogen (secondary N) is 1. The molecule has 1 heterocycles. The highest BCUT2D eigenvalue weighted by atomic mass is 19.1. The summed E-state index contributed by atoms with van der Waals surface area (Å²) in [5, 5.41) is 2.80. The van der Waals surface area contributed by atoms with Crippen LogP contribution < -0.4 is 10.2 Å². The molecule has 0 bridgehead atoms. The van der Waals surface area contributed by atoms with E-state index in [1.165, 1.54) is 6.20 Å². The molecule has 0 saturated carbocycles. The van der Waals surface area contributed by atoms with Crippen LogP contribution in [0.2, 0.25) is 0 Å². The maximum Gasteiger partial charge on any atom is 0.224 e. The van der Waals surface area contributed by atoms with Crippen LogP contribution in [0.15, 0.2) is 6.20 Å². The summed E-state index contributed by atoms with van der Waals surface area (Å²) >= 11 is 0. The molecule has 90 valence electrons. The van der Waals surface area contributed by atoms with E-state index in [-0.39, 0.29) is 6.04 Å². The smallest absolute Gasteiger partial charge is 0.224 e. The van der Waals surface area contributed by atoms with Crippen LogP contribution in [-0.4, -0.2) is 30.1 Å². The van der Waals surface area contributed by atoms with E-state index in [1.54, 1.807) is 7.05 Å². The molecule has 1 N–H and O–H groups in total. The molecule has 4 nitrogen and oxygen atoms in total. The van der Waals surface area contributed by atoms with Crippen molar-refractivity contribution < 1.29 is 4.39 Å². The van der Waals surface area contributed by atoms with Gasteiger partial charge in [0.05, 0.1) is 6.20 Å². The van der Waals surface area contributed by atoms with Crippen LogP contribution >= 0.6 is 0 Å². The summed E-state index contributed by atoms with van der Waals surface area (Å²) in [6, 6.07) is 0.217. The van der Waals surface area contributed by atoms with Crippen molar-refractivity contribution in [2.75, 3.05) is 24.3 Å². The topological polar surface area (TPSA) is 41.1 Å². The van der Waals surface area contributed by atoms with Gasteiger partial charge >= 0.3 is 0 Å². The molecule has 0 spiro atoms. The second-order valence-corrected chi connectivity index (χ2v) is 4.21. The van der Waals surface area contributed by atoms with Crippen molar-refractivity contribution in [2.45, 2.75) is 26.8 Å². The van der Waals surface area contributed by atoms with Crippen molar-refractivity contribution in [1.29, 1.82) is 0 Å². The van der Waals surface area contributed by atoms with Gasteiger partial charge in [0.15, 0.2) is 11.6 Å². The summed E-state index contributed by atoms with van der Waals surface area (Å²) < 4.78 is 13.6. The van der Waals surface area contributed by atoms with E-state index in [9.17, 15) is 4.39 Å². The zero-order chi connectivity index (χ0) is 12.3. The zero-order valence-electron chi connectivity index (χ0n) is 10.5. The average Bonchev–Trinajstić information content (AvgIpc) is 2.27. The third kappa shape index (κ3) is 2.59. The summed E-state index contributed by atoms with van der Waals surface area (Å²) in [7, 11) is 3.55. The zero-order valence-corrected chi connectivity index (χ0v) is 10.5. The highest BCUT2D eigenvalue weighted by molar-refractivity contribution is 5.43. The molecule has 1 unspecified atom stereocenters. The average molecular weight is 226 g/mol. The van der Waals surface area contributed by atoms with E-state index >= 15 is 0 Å². The molecule has 0 fully saturated rings. The normalized spacial score (nSPS) is 12.7. The largest absolute Gasteiger partial charge is 0.357 e. The van der Waals surface area contributed by atoms with Gasteiger partial charge in [-0.3, -0.25) is 0 Å². The van der Waals surface area contributed by atoms with Crippen molar-refractivity contribution in [2.24, 2.45) is 5.92 Å². The van der Waals surface area contributed by atoms with Gasteiger partial charge in [-0.05, 0) is 12.8 Å². The van der Waals surface area contributed by atoms with Crippen LogP contribution in [0.5, 0.6) is 0 Å². The first-order valence-corrected chi connectivity index (χ1v) is 5.40. The first kappa shape index (κ1) is 12.7. The Morgan fingerprint density at radius 3 is 2.50 bits per heavy atom. The van der Waals surface area contributed by atoms with Crippen molar-refractivity contribution in [3.8, 4) is 0 Å². The van der Waals surface area contributed by atoms with Gasteiger partial charge < -0.3 is 10.2 Å². The van der Waals surface area contributed by atoms with Gasteiger partial charge in [-0.1, -0.05) is 13.8 Å². The van der Waals surface area contributed by atoms with Gasteiger partial charge in [0.25, 0.3) is 0 Å². The molecule has 1 rings (SSSR count). The number of rotatable bonds is 4. The highest BCUT2D eigenvalue weighted by Gasteiger charge is 2.18. The lowest BCUT2D eigenvalue weighted by molar-refractivity contribution is 0.492. The van der Waals surface area contributed by atoms with Crippen molar-refractivity contribution in [3.05, 3.63) is 12.0 Å². The summed E-state index contributed by atoms with van der Waals surface area (Å²) in [5.41, 5.74) is 0. The van der Waals surface area contributed by atoms with E-state index in [4.69, 9.17) is 0 Å². The molecule has 0 amide bonds. The Morgan fingerprint density at radius 2 is 2.00 bits per heavy atom. The lowest BCUT2D eigenvalue weighted by Gasteiger charge is -2.29. The van der Waals surface area contributed by atoms with E-state index < -0.39 is 5.82 Å². The predicted octanol–water partition coefficient (Wildman–Crippen LogP) is 2.14. The molecule has 0 aliphatic heterocycles. The Balaban J connectivity index is 3.02. The summed E-state index contributed by atoms with van der Waals surface area (Å²) in [5.74, 6) is 0.797. The van der Waals surface area contributed by atoms with Gasteiger partial charge in [-0.25, -0.2) is 9.37 Å². The lowest BCUT2D eigenvalue weighted by atomic mass is 10.1. The number of halogens is 1. The van der Waals surface area contributed by atoms with E-state index in [0.717, 1.165) is 0 Å². The van der Waals surface area contributed by atoms with Gasteiger partial charge in [0.2, 0.25) is 5.95 Å². The minimum Gasteiger partial charge on any atom is -0.357 e. The fourth-order valence-corrected chi connectivity index (χ4v) is 1.37. The van der Waals surface area contributed by atoms with Crippen LogP contribution in [0.3, 0.4) is 0 Å². The maximum atomic E-state index is 13.6. The number of nitrogens with zero attached hydrogens (tertiary/aromatic N) is 3. The fraction of sp³-hybridized carbons (Fsp3) is 0.636. The Kier molecular flexibility index (Phi) is 4.04. The van der Waals surface area contributed by atoms with Crippen molar-refractivity contribution in [3.63, 3.8) is 0 Å². The third-order valence-corrected chi connectivity index (χ3v) is 2.86. The van der Waals surface area contributed by atoms with Crippen LogP contribution in [0.1, 0.15) is 20.8 Å². The van der Waals surface area contributed by atoms with E-state index in [0.29, 0.717) is 17.7 Å². The van der Waals surface area contributed by atoms with E-state index in [2.05, 4.69) is 29.1 Å². The fourth-order valence-electron chi connectivity index (χ4n) is 1.37. The molecule has 5 heteroatoms. The maximum absolute atomic E-state index is 13.6. The van der Waals surface area contributed by atoms with Gasteiger partial charge in [-0.2, -0.15) is 4.98 Å². The number of anilines is 2. The molecular weight excluding hydrogens is 207 g/mol. The highest BCUT2D eigenvalue weighted by Crippen LogP contribution is 2.20. The Labute approximate surface area is 95.9 Å². The monoisotopic (exact) mass is 226 g/mol. The summed E-state index contributed by atoms with van der Waals surface area (Å²) in [4.78, 5) is 9.78. The molecular formula is C11H19FN4. The summed E-state index contributed by atoms with van der Waals surface area (Å²) in [6.07, 6.45) is 1.19. The van der Waals surface area contributed by atoms with Crippen LogP contribution in [0.4, 0.5) is 16.2 Å². The third-order valence-electron chi connectivity index (χ3n) is 2.86. The van der Waals surface area contributed by atoms with Crippen LogP contribution in [-0.2, 0) is 0 Å². The lowest BCUT2D eigenvalue weighted by Crippen LogP contribution is -2.34. The Morgan fingerprint density at radius 1 is 1.38 bits per heavy atom. The minimum atomic E-state index is -0.394. The van der Waals surface area contributed by atoms with Crippen molar-refractivity contribution >= 4 is 11.8 Å². The predicted molar refractivity (Wildman–Crippen MR) is 64.2 cm³/mol. The van der Waals surface area contributed by atoms with Gasteiger partial charge in [0.1, 0.15) is 0 Å². The number of hydrogen-bond donors (Lipinski definition) is 1.